The molecule has 0 aromatic rings. The van der Waals surface area contributed by atoms with Gasteiger partial charge in [0.25, 0.3) is 0 Å². The topological polar surface area (TPSA) is 0 Å². The van der Waals surface area contributed by atoms with Gasteiger partial charge in [-0.05, 0) is 13.3 Å². The first kappa shape index (κ1) is 17.7. The van der Waals surface area contributed by atoms with Crippen LogP contribution in [0.25, 0.3) is 0 Å². The summed E-state index contributed by atoms with van der Waals surface area (Å²) >= 11 is 36.5. The summed E-state index contributed by atoms with van der Waals surface area (Å²) in [6.45, 7) is 3.81. The molecular weight excluding hydrogens is 333 g/mol. The summed E-state index contributed by atoms with van der Waals surface area (Å²) in [7, 11) is 0. The number of unbranched alkanes of at least 4 members (excludes halogenated alkanes) is 1. The highest BCUT2D eigenvalue weighted by Gasteiger charge is 2.41. The van der Waals surface area contributed by atoms with E-state index in [1.54, 1.807) is 6.92 Å². The fourth-order valence-electron chi connectivity index (χ4n) is 1.20. The van der Waals surface area contributed by atoms with E-state index in [0.717, 1.165) is 12.8 Å². The Kier molecular flexibility index (Phi) is 8.89. The normalized spacial score (nSPS) is 20.2. The summed E-state index contributed by atoms with van der Waals surface area (Å²) in [5, 5.41) is -1.96. The Hall–Kier alpha value is 1.74. The van der Waals surface area contributed by atoms with Crippen molar-refractivity contribution in [3.8, 4) is 0 Å². The summed E-state index contributed by atoms with van der Waals surface area (Å²) in [5.74, 6) is 0. The first-order valence-corrected chi connectivity index (χ1v) is 7.68. The summed E-state index contributed by atoms with van der Waals surface area (Å²) in [4.78, 5) is 0. The van der Waals surface area contributed by atoms with E-state index in [4.69, 9.17) is 69.6 Å². The van der Waals surface area contributed by atoms with E-state index in [1.807, 2.05) is 0 Å². The fourth-order valence-corrected chi connectivity index (χ4v) is 3.02. The van der Waals surface area contributed by atoms with Gasteiger partial charge in [0.05, 0.1) is 16.1 Å². The minimum Gasteiger partial charge on any atom is -0.122 e. The Morgan fingerprint density at radius 3 is 1.88 bits per heavy atom. The maximum atomic E-state index is 6.16. The van der Waals surface area contributed by atoms with Crippen LogP contribution in [0.3, 0.4) is 0 Å². The van der Waals surface area contributed by atoms with Crippen molar-refractivity contribution >= 4 is 69.6 Å². The standard InChI is InChI=1S/C10H16Cl6/c1-3-4-5-10(15,16)9(14)8(13)7(12)6(2)11/h6-9H,3-5H2,1-2H3. The Labute approximate surface area is 128 Å². The average Bonchev–Trinajstić information content (AvgIpc) is 2.23. The highest BCUT2D eigenvalue weighted by Crippen LogP contribution is 2.40. The van der Waals surface area contributed by atoms with Crippen molar-refractivity contribution in [2.45, 2.75) is 59.0 Å². The van der Waals surface area contributed by atoms with Crippen molar-refractivity contribution in [2.24, 2.45) is 0 Å². The fraction of sp³-hybridized carbons (Fsp3) is 1.00. The summed E-state index contributed by atoms with van der Waals surface area (Å²) in [6, 6.07) is 0. The number of alkyl halides is 6. The van der Waals surface area contributed by atoms with E-state index in [1.165, 1.54) is 0 Å². The van der Waals surface area contributed by atoms with Crippen LogP contribution in [0.4, 0.5) is 0 Å². The quantitative estimate of drug-likeness (QED) is 0.510. The van der Waals surface area contributed by atoms with Crippen molar-refractivity contribution in [1.29, 1.82) is 0 Å². The van der Waals surface area contributed by atoms with E-state index in [2.05, 4.69) is 6.92 Å². The molecule has 0 heterocycles. The van der Waals surface area contributed by atoms with Gasteiger partial charge in [-0.2, -0.15) is 0 Å². The van der Waals surface area contributed by atoms with Gasteiger partial charge in [0.15, 0.2) is 0 Å². The minimum atomic E-state index is -1.07. The smallest absolute Gasteiger partial charge is 0.122 e. The number of hydrogen-bond donors (Lipinski definition) is 0. The molecule has 0 amide bonds. The van der Waals surface area contributed by atoms with Gasteiger partial charge in [-0.1, -0.05) is 43.0 Å². The van der Waals surface area contributed by atoms with Crippen molar-refractivity contribution in [3.63, 3.8) is 0 Å². The predicted molar refractivity (Wildman–Crippen MR) is 78.2 cm³/mol. The van der Waals surface area contributed by atoms with E-state index in [0.29, 0.717) is 6.42 Å². The lowest BCUT2D eigenvalue weighted by Crippen LogP contribution is -2.41. The van der Waals surface area contributed by atoms with Crippen LogP contribution in [-0.2, 0) is 0 Å². The molecule has 4 unspecified atom stereocenters. The van der Waals surface area contributed by atoms with Crippen LogP contribution in [0, 0.1) is 0 Å². The second-order valence-electron chi connectivity index (χ2n) is 3.83. The van der Waals surface area contributed by atoms with Gasteiger partial charge in [0.1, 0.15) is 4.33 Å². The van der Waals surface area contributed by atoms with E-state index in [9.17, 15) is 0 Å². The van der Waals surface area contributed by atoms with Gasteiger partial charge in [-0.3, -0.25) is 0 Å². The lowest BCUT2D eigenvalue weighted by atomic mass is 10.1. The first-order valence-electron chi connectivity index (χ1n) is 5.18. The van der Waals surface area contributed by atoms with Crippen LogP contribution in [0.1, 0.15) is 33.1 Å². The van der Waals surface area contributed by atoms with Gasteiger partial charge >= 0.3 is 0 Å². The van der Waals surface area contributed by atoms with Crippen LogP contribution >= 0.6 is 69.6 Å². The second-order valence-corrected chi connectivity index (χ2v) is 7.54. The zero-order valence-corrected chi connectivity index (χ0v) is 13.7. The second kappa shape index (κ2) is 8.02. The monoisotopic (exact) mass is 346 g/mol. The van der Waals surface area contributed by atoms with Crippen molar-refractivity contribution < 1.29 is 0 Å². The van der Waals surface area contributed by atoms with E-state index in [-0.39, 0.29) is 5.38 Å². The lowest BCUT2D eigenvalue weighted by molar-refractivity contribution is 0.572. The predicted octanol–water partition coefficient (Wildman–Crippen LogP) is 5.80. The highest BCUT2D eigenvalue weighted by atomic mass is 35.5. The summed E-state index contributed by atoms with van der Waals surface area (Å²) in [6.07, 6.45) is 2.47. The molecule has 0 aliphatic heterocycles. The molecule has 98 valence electrons. The average molecular weight is 349 g/mol. The maximum Gasteiger partial charge on any atom is 0.136 e. The maximum absolute atomic E-state index is 6.16. The summed E-state index contributed by atoms with van der Waals surface area (Å²) in [5.41, 5.74) is 0. The van der Waals surface area contributed by atoms with Crippen LogP contribution in [0.5, 0.6) is 0 Å². The molecule has 0 nitrogen and oxygen atoms in total. The number of hydrogen-bond acceptors (Lipinski definition) is 0. The van der Waals surface area contributed by atoms with Gasteiger partial charge in [-0.25, -0.2) is 0 Å². The SMILES string of the molecule is CCCCC(Cl)(Cl)C(Cl)C(Cl)C(Cl)C(C)Cl. The van der Waals surface area contributed by atoms with E-state index < -0.39 is 20.5 Å². The molecule has 0 spiro atoms. The molecule has 6 heteroatoms. The number of halogens is 6. The third-order valence-electron chi connectivity index (χ3n) is 2.29. The molecule has 0 N–H and O–H groups in total. The van der Waals surface area contributed by atoms with Gasteiger partial charge in [-0.15, -0.1) is 46.4 Å². The molecule has 0 bridgehead atoms. The minimum absolute atomic E-state index is 0.291. The molecule has 0 saturated heterocycles. The highest BCUT2D eigenvalue weighted by molar-refractivity contribution is 6.53. The van der Waals surface area contributed by atoms with Crippen molar-refractivity contribution in [1.82, 2.24) is 0 Å². The molecular formula is C10H16Cl6. The Morgan fingerprint density at radius 2 is 1.50 bits per heavy atom. The van der Waals surface area contributed by atoms with Gasteiger partial charge in [0, 0.05) is 5.38 Å². The number of rotatable bonds is 7. The molecule has 0 aliphatic carbocycles. The first-order chi connectivity index (χ1) is 7.24. The molecule has 0 aromatic heterocycles. The molecule has 0 aromatic carbocycles. The van der Waals surface area contributed by atoms with Crippen LogP contribution in [0.15, 0.2) is 0 Å². The van der Waals surface area contributed by atoms with Gasteiger partial charge in [0.2, 0.25) is 0 Å². The molecule has 4 atom stereocenters. The Balaban J connectivity index is 4.45. The molecule has 0 fully saturated rings. The molecule has 0 aliphatic rings. The van der Waals surface area contributed by atoms with E-state index >= 15 is 0 Å². The van der Waals surface area contributed by atoms with Crippen molar-refractivity contribution in [2.75, 3.05) is 0 Å². The molecule has 0 radical (unpaired) electrons. The van der Waals surface area contributed by atoms with Crippen LogP contribution in [-0.4, -0.2) is 25.8 Å². The molecule has 0 saturated carbocycles. The van der Waals surface area contributed by atoms with Crippen molar-refractivity contribution in [3.05, 3.63) is 0 Å². The zero-order valence-electron chi connectivity index (χ0n) is 9.20. The van der Waals surface area contributed by atoms with Crippen LogP contribution < -0.4 is 0 Å². The molecule has 16 heavy (non-hydrogen) atoms. The Bertz CT molecular complexity index is 194. The third-order valence-corrected chi connectivity index (χ3v) is 5.84. The van der Waals surface area contributed by atoms with Crippen LogP contribution in [0.2, 0.25) is 0 Å². The summed E-state index contributed by atoms with van der Waals surface area (Å²) < 4.78 is -1.07. The Morgan fingerprint density at radius 1 is 1.00 bits per heavy atom. The lowest BCUT2D eigenvalue weighted by Gasteiger charge is -2.31. The van der Waals surface area contributed by atoms with Gasteiger partial charge < -0.3 is 0 Å². The molecule has 0 rings (SSSR count). The third kappa shape index (κ3) is 5.59. The largest absolute Gasteiger partial charge is 0.136 e. The zero-order chi connectivity index (χ0) is 12.9.